The molecule has 0 atom stereocenters. The molecule has 5 heteroatoms. The van der Waals surface area contributed by atoms with E-state index in [2.05, 4.69) is 27.6 Å². The number of hydrogen-bond acceptors (Lipinski definition) is 4. The summed E-state index contributed by atoms with van der Waals surface area (Å²) in [4.78, 5) is 21.1. The molecule has 0 fully saturated rings. The lowest BCUT2D eigenvalue weighted by Gasteiger charge is -2.07. The van der Waals surface area contributed by atoms with Gasteiger partial charge in [0.25, 0.3) is 5.91 Å². The maximum Gasteiger partial charge on any atom is 0.251 e. The number of amides is 1. The fourth-order valence-corrected chi connectivity index (χ4v) is 3.11. The summed E-state index contributed by atoms with van der Waals surface area (Å²) in [5.41, 5.74) is 2.54. The molecule has 22 heavy (non-hydrogen) atoms. The van der Waals surface area contributed by atoms with E-state index in [-0.39, 0.29) is 5.91 Å². The fourth-order valence-electron chi connectivity index (χ4n) is 2.33. The van der Waals surface area contributed by atoms with Gasteiger partial charge in [-0.15, -0.1) is 11.3 Å². The van der Waals surface area contributed by atoms with Crippen molar-refractivity contribution in [1.82, 2.24) is 15.3 Å². The van der Waals surface area contributed by atoms with Crippen LogP contribution < -0.4 is 5.32 Å². The van der Waals surface area contributed by atoms with Gasteiger partial charge in [-0.1, -0.05) is 19.1 Å². The van der Waals surface area contributed by atoms with Gasteiger partial charge in [0.1, 0.15) is 0 Å². The maximum absolute atomic E-state index is 12.4. The Hall–Kier alpha value is -2.27. The lowest BCUT2D eigenvalue weighted by atomic mass is 10.1. The summed E-state index contributed by atoms with van der Waals surface area (Å²) >= 11 is 1.67. The highest BCUT2D eigenvalue weighted by Crippen LogP contribution is 2.16. The minimum absolute atomic E-state index is 0.0652. The van der Waals surface area contributed by atoms with Gasteiger partial charge in [0, 0.05) is 35.5 Å². The van der Waals surface area contributed by atoms with Crippen molar-refractivity contribution in [3.63, 3.8) is 0 Å². The summed E-state index contributed by atoms with van der Waals surface area (Å²) in [5, 5.41) is 7.05. The van der Waals surface area contributed by atoms with Gasteiger partial charge in [0.2, 0.25) is 0 Å². The van der Waals surface area contributed by atoms with Crippen molar-refractivity contribution in [3.05, 3.63) is 58.2 Å². The fraction of sp³-hybridized carbons (Fsp3) is 0.235. The molecule has 0 aliphatic heterocycles. The molecule has 0 aliphatic rings. The summed E-state index contributed by atoms with van der Waals surface area (Å²) in [6, 6.07) is 9.37. The van der Waals surface area contributed by atoms with E-state index < -0.39 is 0 Å². The normalized spacial score (nSPS) is 10.8. The molecule has 0 aliphatic carbocycles. The van der Waals surface area contributed by atoms with Crippen LogP contribution in [0.3, 0.4) is 0 Å². The molecular formula is C17H17N3OS. The topological polar surface area (TPSA) is 54.9 Å². The highest BCUT2D eigenvalue weighted by Gasteiger charge is 2.10. The van der Waals surface area contributed by atoms with Crippen molar-refractivity contribution < 1.29 is 4.79 Å². The zero-order chi connectivity index (χ0) is 15.4. The maximum atomic E-state index is 12.4. The molecular weight excluding hydrogens is 294 g/mol. The Balaban J connectivity index is 1.66. The summed E-state index contributed by atoms with van der Waals surface area (Å²) in [7, 11) is 0. The van der Waals surface area contributed by atoms with Crippen LogP contribution in [0.5, 0.6) is 0 Å². The van der Waals surface area contributed by atoms with E-state index in [0.717, 1.165) is 34.4 Å². The lowest BCUT2D eigenvalue weighted by Crippen LogP contribution is -2.26. The summed E-state index contributed by atoms with van der Waals surface area (Å²) in [5.74, 6) is -0.0652. The number of nitrogens with one attached hydrogen (secondary N) is 1. The van der Waals surface area contributed by atoms with E-state index in [1.165, 1.54) is 0 Å². The van der Waals surface area contributed by atoms with Crippen molar-refractivity contribution in [3.8, 4) is 0 Å². The zero-order valence-electron chi connectivity index (χ0n) is 12.4. The van der Waals surface area contributed by atoms with E-state index >= 15 is 0 Å². The number of fused-ring (bicyclic) bond motifs is 1. The van der Waals surface area contributed by atoms with Gasteiger partial charge in [-0.3, -0.25) is 9.78 Å². The Morgan fingerprint density at radius 1 is 1.27 bits per heavy atom. The quantitative estimate of drug-likeness (QED) is 0.787. The molecule has 3 aromatic rings. The highest BCUT2D eigenvalue weighted by atomic mass is 32.1. The van der Waals surface area contributed by atoms with E-state index in [4.69, 9.17) is 0 Å². The second kappa shape index (κ2) is 6.66. The third-order valence-electron chi connectivity index (χ3n) is 3.46. The average Bonchev–Trinajstić information content (AvgIpc) is 3.02. The minimum Gasteiger partial charge on any atom is -0.352 e. The molecule has 0 saturated heterocycles. The smallest absolute Gasteiger partial charge is 0.251 e. The number of hydrogen-bond donors (Lipinski definition) is 1. The van der Waals surface area contributed by atoms with Gasteiger partial charge >= 0.3 is 0 Å². The van der Waals surface area contributed by atoms with Gasteiger partial charge in [-0.2, -0.15) is 0 Å². The van der Waals surface area contributed by atoms with Crippen LogP contribution >= 0.6 is 11.3 Å². The number of carbonyl (C=O) groups is 1. The summed E-state index contributed by atoms with van der Waals surface area (Å²) in [6.45, 7) is 2.68. The molecule has 0 spiro atoms. The molecule has 1 aromatic carbocycles. The number of benzene rings is 1. The molecule has 3 rings (SSSR count). The number of rotatable bonds is 5. The van der Waals surface area contributed by atoms with Gasteiger partial charge in [0.15, 0.2) is 0 Å². The van der Waals surface area contributed by atoms with Crippen LogP contribution in [0.4, 0.5) is 0 Å². The van der Waals surface area contributed by atoms with Crippen molar-refractivity contribution >= 4 is 28.1 Å². The molecule has 2 heterocycles. The molecule has 0 saturated carbocycles. The molecule has 0 bridgehead atoms. The predicted octanol–water partition coefficient (Wildman–Crippen LogP) is 3.23. The Morgan fingerprint density at radius 3 is 3.00 bits per heavy atom. The number of nitrogens with zero attached hydrogens (tertiary/aromatic N) is 2. The number of aromatic nitrogens is 2. The largest absolute Gasteiger partial charge is 0.352 e. The van der Waals surface area contributed by atoms with Crippen LogP contribution in [0.25, 0.3) is 10.9 Å². The van der Waals surface area contributed by atoms with E-state index in [9.17, 15) is 4.79 Å². The number of pyridine rings is 1. The van der Waals surface area contributed by atoms with Crippen LogP contribution in [-0.2, 0) is 12.8 Å². The van der Waals surface area contributed by atoms with Crippen LogP contribution in [0.1, 0.15) is 28.0 Å². The lowest BCUT2D eigenvalue weighted by molar-refractivity contribution is 0.0955. The first kappa shape index (κ1) is 14.7. The van der Waals surface area contributed by atoms with Gasteiger partial charge in [0.05, 0.1) is 16.2 Å². The van der Waals surface area contributed by atoms with Crippen LogP contribution in [0, 0.1) is 0 Å². The van der Waals surface area contributed by atoms with Crippen molar-refractivity contribution in [2.75, 3.05) is 6.54 Å². The molecule has 112 valence electrons. The Kier molecular flexibility index (Phi) is 4.44. The van der Waals surface area contributed by atoms with Crippen LogP contribution in [0.2, 0.25) is 0 Å². The van der Waals surface area contributed by atoms with Crippen LogP contribution in [0.15, 0.2) is 41.9 Å². The molecule has 1 N–H and O–H groups in total. The predicted molar refractivity (Wildman–Crippen MR) is 89.3 cm³/mol. The molecule has 0 unspecified atom stereocenters. The second-order valence-corrected chi connectivity index (χ2v) is 5.91. The Morgan fingerprint density at radius 2 is 2.18 bits per heavy atom. The standard InChI is InChI=1S/C17H17N3OS/c1-2-16-20-12(11-22-16)8-10-19-17(21)14-5-3-7-15-13(14)6-4-9-18-15/h3-7,9,11H,2,8,10H2,1H3,(H,19,21). The first-order valence-corrected chi connectivity index (χ1v) is 8.21. The van der Waals surface area contributed by atoms with E-state index in [0.29, 0.717) is 12.1 Å². The molecule has 1 amide bonds. The monoisotopic (exact) mass is 311 g/mol. The molecule has 4 nitrogen and oxygen atoms in total. The zero-order valence-corrected chi connectivity index (χ0v) is 13.2. The van der Waals surface area contributed by atoms with E-state index in [1.54, 1.807) is 17.5 Å². The first-order chi connectivity index (χ1) is 10.8. The van der Waals surface area contributed by atoms with E-state index in [1.807, 2.05) is 30.3 Å². The number of carbonyl (C=O) groups excluding carboxylic acids is 1. The third kappa shape index (κ3) is 3.14. The highest BCUT2D eigenvalue weighted by molar-refractivity contribution is 7.09. The first-order valence-electron chi connectivity index (χ1n) is 7.33. The van der Waals surface area contributed by atoms with Gasteiger partial charge in [-0.05, 0) is 24.6 Å². The minimum atomic E-state index is -0.0652. The van der Waals surface area contributed by atoms with Gasteiger partial charge < -0.3 is 5.32 Å². The number of aryl methyl sites for hydroxylation is 1. The Labute approximate surface area is 133 Å². The average molecular weight is 311 g/mol. The van der Waals surface area contributed by atoms with Crippen molar-refractivity contribution in [1.29, 1.82) is 0 Å². The third-order valence-corrected chi connectivity index (χ3v) is 4.50. The van der Waals surface area contributed by atoms with Crippen LogP contribution in [-0.4, -0.2) is 22.4 Å². The Bertz CT molecular complexity index is 792. The van der Waals surface area contributed by atoms with Crippen molar-refractivity contribution in [2.24, 2.45) is 0 Å². The summed E-state index contributed by atoms with van der Waals surface area (Å²) < 4.78 is 0. The SMILES string of the molecule is CCc1nc(CCNC(=O)c2cccc3ncccc23)cs1. The van der Waals surface area contributed by atoms with Gasteiger partial charge in [-0.25, -0.2) is 4.98 Å². The summed E-state index contributed by atoms with van der Waals surface area (Å²) in [6.07, 6.45) is 3.45. The number of thiazole rings is 1. The molecule has 0 radical (unpaired) electrons. The second-order valence-electron chi connectivity index (χ2n) is 4.97. The molecule has 2 aromatic heterocycles. The van der Waals surface area contributed by atoms with Crippen molar-refractivity contribution in [2.45, 2.75) is 19.8 Å².